The normalized spacial score (nSPS) is 13.5. The molecule has 0 atom stereocenters. The van der Waals surface area contributed by atoms with Crippen LogP contribution in [0.1, 0.15) is 23.7 Å². The summed E-state index contributed by atoms with van der Waals surface area (Å²) in [4.78, 5) is 14.4. The molecule has 0 radical (unpaired) electrons. The van der Waals surface area contributed by atoms with Gasteiger partial charge in [0.05, 0.1) is 13.2 Å². The number of amides is 1. The van der Waals surface area contributed by atoms with Crippen molar-refractivity contribution >= 4 is 23.6 Å². The van der Waals surface area contributed by atoms with Crippen LogP contribution in [0.25, 0.3) is 17.4 Å². The van der Waals surface area contributed by atoms with E-state index in [1.165, 1.54) is 0 Å². The van der Waals surface area contributed by atoms with Crippen molar-refractivity contribution in [3.63, 3.8) is 0 Å². The van der Waals surface area contributed by atoms with Crippen LogP contribution in [0.15, 0.2) is 59.1 Å². The summed E-state index contributed by atoms with van der Waals surface area (Å²) < 4.78 is 11.0. The first-order chi connectivity index (χ1) is 14.1. The topological polar surface area (TPSA) is 55.6 Å². The smallest absolute Gasteiger partial charge is 0.246 e. The van der Waals surface area contributed by atoms with Gasteiger partial charge in [-0.1, -0.05) is 28.9 Å². The summed E-state index contributed by atoms with van der Waals surface area (Å²) in [5.74, 6) is 1.54. The van der Waals surface area contributed by atoms with Gasteiger partial charge in [0, 0.05) is 28.8 Å². The van der Waals surface area contributed by atoms with Crippen LogP contribution in [-0.2, 0) is 17.8 Å². The molecule has 4 rings (SSSR count). The molecule has 0 N–H and O–H groups in total. The number of carbonyl (C=O) groups excluding carboxylic acids is 1. The fraction of sp³-hybridized carbons (Fsp3) is 0.217. The quantitative estimate of drug-likeness (QED) is 0.558. The van der Waals surface area contributed by atoms with Crippen molar-refractivity contribution in [2.75, 3.05) is 13.2 Å². The van der Waals surface area contributed by atoms with Crippen LogP contribution in [-0.4, -0.2) is 29.1 Å². The second-order valence-corrected chi connectivity index (χ2v) is 7.23. The van der Waals surface area contributed by atoms with Crippen LogP contribution >= 0.6 is 11.6 Å². The molecule has 2 aromatic carbocycles. The molecule has 2 heterocycles. The predicted octanol–water partition coefficient (Wildman–Crippen LogP) is 4.99. The Morgan fingerprint density at radius 1 is 1.21 bits per heavy atom. The van der Waals surface area contributed by atoms with Crippen molar-refractivity contribution in [1.29, 1.82) is 0 Å². The molecule has 0 saturated carbocycles. The highest BCUT2D eigenvalue weighted by Gasteiger charge is 2.26. The highest BCUT2D eigenvalue weighted by Crippen LogP contribution is 2.31. The van der Waals surface area contributed by atoms with Crippen LogP contribution in [0.4, 0.5) is 0 Å². The Bertz CT molecular complexity index is 1020. The molecule has 29 heavy (non-hydrogen) atoms. The summed E-state index contributed by atoms with van der Waals surface area (Å²) >= 11 is 5.96. The maximum atomic E-state index is 12.6. The average Bonchev–Trinajstić information content (AvgIpc) is 3.17. The van der Waals surface area contributed by atoms with Gasteiger partial charge in [0.15, 0.2) is 5.76 Å². The largest absolute Gasteiger partial charge is 0.494 e. The average molecular weight is 409 g/mol. The van der Waals surface area contributed by atoms with Crippen molar-refractivity contribution in [3.05, 3.63) is 76.5 Å². The molecule has 0 aliphatic carbocycles. The Hall–Kier alpha value is -3.05. The van der Waals surface area contributed by atoms with Gasteiger partial charge in [-0.15, -0.1) is 0 Å². The molecule has 1 aliphatic rings. The van der Waals surface area contributed by atoms with Crippen LogP contribution in [0.2, 0.25) is 5.02 Å². The predicted molar refractivity (Wildman–Crippen MR) is 113 cm³/mol. The highest BCUT2D eigenvalue weighted by atomic mass is 35.5. The Labute approximate surface area is 174 Å². The molecule has 148 valence electrons. The maximum absolute atomic E-state index is 12.6. The summed E-state index contributed by atoms with van der Waals surface area (Å²) in [5, 5.41) is 4.87. The second kappa shape index (κ2) is 8.53. The molecule has 6 heteroatoms. The third-order valence-electron chi connectivity index (χ3n) is 4.87. The lowest BCUT2D eigenvalue weighted by Gasteiger charge is -2.24. The van der Waals surface area contributed by atoms with Gasteiger partial charge in [-0.2, -0.15) is 0 Å². The lowest BCUT2D eigenvalue weighted by atomic mass is 10.0. The van der Waals surface area contributed by atoms with E-state index in [4.69, 9.17) is 20.9 Å². The fourth-order valence-electron chi connectivity index (χ4n) is 3.36. The molecule has 0 bridgehead atoms. The summed E-state index contributed by atoms with van der Waals surface area (Å²) in [6, 6.07) is 15.1. The number of carbonyl (C=O) groups is 1. The number of fused-ring (bicyclic) bond motifs is 1. The van der Waals surface area contributed by atoms with Gasteiger partial charge in [-0.05, 0) is 61.4 Å². The Kier molecular flexibility index (Phi) is 5.67. The van der Waals surface area contributed by atoms with Gasteiger partial charge in [-0.3, -0.25) is 4.79 Å². The number of rotatable bonds is 5. The molecule has 0 unspecified atom stereocenters. The minimum Gasteiger partial charge on any atom is -0.494 e. The second-order valence-electron chi connectivity index (χ2n) is 6.79. The number of aromatic nitrogens is 1. The van der Waals surface area contributed by atoms with E-state index in [-0.39, 0.29) is 5.91 Å². The van der Waals surface area contributed by atoms with Crippen molar-refractivity contribution in [2.45, 2.75) is 19.9 Å². The summed E-state index contributed by atoms with van der Waals surface area (Å²) in [6.07, 6.45) is 4.12. The first kappa shape index (κ1) is 19.3. The van der Waals surface area contributed by atoms with Crippen LogP contribution in [0.3, 0.4) is 0 Å². The SMILES string of the molecule is CCOc1ccc(/C=C/C(=O)N2CCc3c(noc3-c3ccc(Cl)cc3)C2)cc1. The first-order valence-corrected chi connectivity index (χ1v) is 9.95. The number of hydrogen-bond donors (Lipinski definition) is 0. The van der Waals surface area contributed by atoms with Gasteiger partial charge in [-0.25, -0.2) is 0 Å². The molecule has 0 spiro atoms. The van der Waals surface area contributed by atoms with E-state index in [0.717, 1.165) is 33.9 Å². The molecule has 1 amide bonds. The van der Waals surface area contributed by atoms with E-state index in [0.29, 0.717) is 31.1 Å². The molecule has 0 fully saturated rings. The van der Waals surface area contributed by atoms with Gasteiger partial charge >= 0.3 is 0 Å². The first-order valence-electron chi connectivity index (χ1n) is 9.57. The zero-order chi connectivity index (χ0) is 20.2. The number of halogens is 1. The maximum Gasteiger partial charge on any atom is 0.246 e. The fourth-order valence-corrected chi connectivity index (χ4v) is 3.49. The standard InChI is InChI=1S/C23H21ClN2O3/c1-2-28-19-10-3-16(4-11-19)5-12-22(27)26-14-13-20-21(15-26)25-29-23(20)17-6-8-18(24)9-7-17/h3-12H,2,13-15H2,1H3/b12-5+. The summed E-state index contributed by atoms with van der Waals surface area (Å²) in [7, 11) is 0. The zero-order valence-electron chi connectivity index (χ0n) is 16.1. The van der Waals surface area contributed by atoms with Crippen LogP contribution in [0.5, 0.6) is 5.75 Å². The van der Waals surface area contributed by atoms with Crippen molar-refractivity contribution < 1.29 is 14.1 Å². The van der Waals surface area contributed by atoms with Gasteiger partial charge in [0.25, 0.3) is 0 Å². The number of ether oxygens (including phenoxy) is 1. The number of nitrogens with zero attached hydrogens (tertiary/aromatic N) is 2. The monoisotopic (exact) mass is 408 g/mol. The van der Waals surface area contributed by atoms with Gasteiger partial charge in [0.1, 0.15) is 11.4 Å². The number of benzene rings is 2. The molecule has 1 aromatic heterocycles. The van der Waals surface area contributed by atoms with E-state index in [1.807, 2.05) is 61.5 Å². The third kappa shape index (κ3) is 4.35. The van der Waals surface area contributed by atoms with E-state index in [9.17, 15) is 4.79 Å². The lowest BCUT2D eigenvalue weighted by Crippen LogP contribution is -2.34. The number of hydrogen-bond acceptors (Lipinski definition) is 4. The highest BCUT2D eigenvalue weighted by molar-refractivity contribution is 6.30. The minimum atomic E-state index is -0.0411. The molecular weight excluding hydrogens is 388 g/mol. The van der Waals surface area contributed by atoms with E-state index >= 15 is 0 Å². The Morgan fingerprint density at radius 2 is 1.97 bits per heavy atom. The van der Waals surface area contributed by atoms with E-state index in [1.54, 1.807) is 11.0 Å². The van der Waals surface area contributed by atoms with Gasteiger partial charge in [0.2, 0.25) is 5.91 Å². The van der Waals surface area contributed by atoms with Crippen LogP contribution in [0, 0.1) is 0 Å². The molecule has 1 aliphatic heterocycles. The molecule has 0 saturated heterocycles. The van der Waals surface area contributed by atoms with Gasteiger partial charge < -0.3 is 14.2 Å². The summed E-state index contributed by atoms with van der Waals surface area (Å²) in [5.41, 5.74) is 3.76. The minimum absolute atomic E-state index is 0.0411. The van der Waals surface area contributed by atoms with Crippen molar-refractivity contribution in [2.24, 2.45) is 0 Å². The van der Waals surface area contributed by atoms with Crippen molar-refractivity contribution in [3.8, 4) is 17.1 Å². The Balaban J connectivity index is 1.43. The molecule has 3 aromatic rings. The molecule has 5 nitrogen and oxygen atoms in total. The van der Waals surface area contributed by atoms with Crippen molar-refractivity contribution in [1.82, 2.24) is 10.1 Å². The zero-order valence-corrected chi connectivity index (χ0v) is 16.9. The lowest BCUT2D eigenvalue weighted by molar-refractivity contribution is -0.126. The van der Waals surface area contributed by atoms with E-state index in [2.05, 4.69) is 5.16 Å². The summed E-state index contributed by atoms with van der Waals surface area (Å²) in [6.45, 7) is 3.65. The van der Waals surface area contributed by atoms with E-state index < -0.39 is 0 Å². The third-order valence-corrected chi connectivity index (χ3v) is 5.12. The van der Waals surface area contributed by atoms with Crippen LogP contribution < -0.4 is 4.74 Å². The molecular formula is C23H21ClN2O3. The Morgan fingerprint density at radius 3 is 2.69 bits per heavy atom.